The standard InChI is InChI=1S/C19H21.2ClH.Ti/c1-12-13(2)18(19(4,5)14(12)3)17-10-15-8-6-7-9-16(15)11-17;;;/h6-11H,1-5H3;2*1H;/q-1;;;+3/p-2. The zero-order valence-corrected chi connectivity index (χ0v) is 16.8. The molecule has 1 aliphatic rings. The van der Waals surface area contributed by atoms with Crippen molar-refractivity contribution in [1.82, 2.24) is 0 Å². The van der Waals surface area contributed by atoms with Gasteiger partial charge in [0.15, 0.2) is 0 Å². The van der Waals surface area contributed by atoms with E-state index in [4.69, 9.17) is 0 Å². The molecular formula is C19H21Cl2Ti. The second kappa shape index (κ2) is 7.45. The molecule has 22 heavy (non-hydrogen) atoms. The summed E-state index contributed by atoms with van der Waals surface area (Å²) in [5.74, 6) is 0. The molecular weight excluding hydrogens is 347 g/mol. The molecule has 1 aliphatic carbocycles. The molecule has 2 aromatic rings. The quantitative estimate of drug-likeness (QED) is 0.480. The van der Waals surface area contributed by atoms with E-state index < -0.39 is 0 Å². The number of hydrogen-bond donors (Lipinski definition) is 0. The fraction of sp³-hybridized carbons (Fsp3) is 0.316. The first-order chi connectivity index (χ1) is 8.93. The van der Waals surface area contributed by atoms with Gasteiger partial charge in [-0.2, -0.15) is 0 Å². The minimum atomic E-state index is 0. The van der Waals surface area contributed by atoms with Crippen molar-refractivity contribution in [2.45, 2.75) is 34.6 Å². The van der Waals surface area contributed by atoms with Crippen molar-refractivity contribution in [2.24, 2.45) is 5.41 Å². The molecule has 0 heterocycles. The average Bonchev–Trinajstić information content (AvgIpc) is 2.84. The van der Waals surface area contributed by atoms with Crippen molar-refractivity contribution >= 4 is 16.3 Å². The van der Waals surface area contributed by atoms with Gasteiger partial charge in [-0.25, -0.2) is 0 Å². The Hall–Kier alpha value is -0.396. The molecule has 0 fully saturated rings. The van der Waals surface area contributed by atoms with Gasteiger partial charge < -0.3 is 24.8 Å². The van der Waals surface area contributed by atoms with Crippen molar-refractivity contribution in [2.75, 3.05) is 0 Å². The molecule has 115 valence electrons. The summed E-state index contributed by atoms with van der Waals surface area (Å²) in [7, 11) is 0. The predicted octanol–water partition coefficient (Wildman–Crippen LogP) is -0.286. The SMILES string of the molecule is CC1=C(C)C(C)(C)C(c2cc3ccccc3[cH-]2)=C1C.[Cl-].[Cl-].[Ti+3]. The Morgan fingerprint density at radius 3 is 2.00 bits per heavy atom. The third-order valence-electron chi connectivity index (χ3n) is 4.97. The molecule has 0 saturated heterocycles. The molecule has 3 rings (SSSR count). The van der Waals surface area contributed by atoms with Crippen LogP contribution in [0, 0.1) is 5.41 Å². The largest absolute Gasteiger partial charge is 3.00 e. The Labute approximate surface area is 161 Å². The molecule has 0 N–H and O–H groups in total. The molecule has 1 radical (unpaired) electrons. The maximum atomic E-state index is 2.34. The van der Waals surface area contributed by atoms with E-state index >= 15 is 0 Å². The van der Waals surface area contributed by atoms with Crippen molar-refractivity contribution in [3.63, 3.8) is 0 Å². The number of allylic oxidation sites excluding steroid dienone is 4. The molecule has 0 aromatic heterocycles. The smallest absolute Gasteiger partial charge is 1.00 e. The first kappa shape index (κ1) is 21.6. The van der Waals surface area contributed by atoms with E-state index in [1.807, 2.05) is 0 Å². The Kier molecular flexibility index (Phi) is 7.32. The first-order valence-corrected chi connectivity index (χ1v) is 6.98. The van der Waals surface area contributed by atoms with E-state index in [1.165, 1.54) is 38.6 Å². The van der Waals surface area contributed by atoms with Gasteiger partial charge in [-0.15, -0.1) is 34.5 Å². The third-order valence-corrected chi connectivity index (χ3v) is 4.97. The zero-order valence-electron chi connectivity index (χ0n) is 13.7. The van der Waals surface area contributed by atoms with Crippen LogP contribution in [-0.2, 0) is 21.7 Å². The predicted molar refractivity (Wildman–Crippen MR) is 84.3 cm³/mol. The maximum absolute atomic E-state index is 2.34. The number of benzene rings is 1. The van der Waals surface area contributed by atoms with Gasteiger partial charge in [0, 0.05) is 0 Å². The van der Waals surface area contributed by atoms with Crippen LogP contribution in [0.3, 0.4) is 0 Å². The summed E-state index contributed by atoms with van der Waals surface area (Å²) < 4.78 is 0. The molecule has 3 heteroatoms. The van der Waals surface area contributed by atoms with Gasteiger partial charge in [-0.05, 0) is 26.2 Å². The van der Waals surface area contributed by atoms with Crippen LogP contribution in [0.25, 0.3) is 16.3 Å². The van der Waals surface area contributed by atoms with Gasteiger partial charge in [-0.3, -0.25) is 0 Å². The van der Waals surface area contributed by atoms with Crippen LogP contribution in [-0.4, -0.2) is 0 Å². The molecule has 0 aliphatic heterocycles. The molecule has 0 saturated carbocycles. The van der Waals surface area contributed by atoms with Crippen molar-refractivity contribution in [3.05, 3.63) is 58.7 Å². The summed E-state index contributed by atoms with van der Waals surface area (Å²) in [5.41, 5.74) is 7.46. The number of hydrogen-bond acceptors (Lipinski definition) is 0. The minimum absolute atomic E-state index is 0. The van der Waals surface area contributed by atoms with Crippen LogP contribution in [0.2, 0.25) is 0 Å². The summed E-state index contributed by atoms with van der Waals surface area (Å²) in [6.45, 7) is 11.5. The van der Waals surface area contributed by atoms with Gasteiger partial charge in [0.2, 0.25) is 0 Å². The van der Waals surface area contributed by atoms with E-state index in [0.29, 0.717) is 0 Å². The van der Waals surface area contributed by atoms with Crippen LogP contribution >= 0.6 is 0 Å². The number of rotatable bonds is 1. The third kappa shape index (κ3) is 3.12. The molecule has 0 amide bonds. The van der Waals surface area contributed by atoms with Crippen LogP contribution < -0.4 is 24.8 Å². The van der Waals surface area contributed by atoms with E-state index in [2.05, 4.69) is 71.0 Å². The molecule has 2 aromatic carbocycles. The topological polar surface area (TPSA) is 0 Å². The average molecular weight is 368 g/mol. The Morgan fingerprint density at radius 2 is 1.50 bits per heavy atom. The summed E-state index contributed by atoms with van der Waals surface area (Å²) in [6.07, 6.45) is 0. The second-order valence-electron chi connectivity index (χ2n) is 6.25. The van der Waals surface area contributed by atoms with Crippen molar-refractivity contribution in [3.8, 4) is 0 Å². The van der Waals surface area contributed by atoms with Crippen LogP contribution in [0.15, 0.2) is 53.1 Å². The number of halogens is 2. The molecule has 0 spiro atoms. The fourth-order valence-electron chi connectivity index (χ4n) is 3.47. The number of fused-ring (bicyclic) bond motifs is 1. The van der Waals surface area contributed by atoms with Crippen LogP contribution in [0.4, 0.5) is 0 Å². The summed E-state index contributed by atoms with van der Waals surface area (Å²) in [4.78, 5) is 0. The van der Waals surface area contributed by atoms with E-state index in [-0.39, 0.29) is 51.9 Å². The Bertz CT molecular complexity index is 700. The molecule has 0 bridgehead atoms. The normalized spacial score (nSPS) is 16.2. The van der Waals surface area contributed by atoms with E-state index in [9.17, 15) is 0 Å². The summed E-state index contributed by atoms with van der Waals surface area (Å²) in [6, 6.07) is 13.3. The molecule has 0 atom stereocenters. The van der Waals surface area contributed by atoms with Crippen molar-refractivity contribution in [1.29, 1.82) is 0 Å². The Morgan fingerprint density at radius 1 is 0.909 bits per heavy atom. The van der Waals surface area contributed by atoms with Gasteiger partial charge >= 0.3 is 21.7 Å². The van der Waals surface area contributed by atoms with Crippen LogP contribution in [0.5, 0.6) is 0 Å². The monoisotopic (exact) mass is 367 g/mol. The second-order valence-corrected chi connectivity index (χ2v) is 6.25. The maximum Gasteiger partial charge on any atom is 3.00 e. The zero-order chi connectivity index (χ0) is 13.8. The summed E-state index contributed by atoms with van der Waals surface area (Å²) >= 11 is 0. The van der Waals surface area contributed by atoms with E-state index in [0.717, 1.165) is 0 Å². The van der Waals surface area contributed by atoms with E-state index in [1.54, 1.807) is 0 Å². The van der Waals surface area contributed by atoms with Crippen molar-refractivity contribution < 1.29 is 46.5 Å². The van der Waals surface area contributed by atoms with Gasteiger partial charge in [0.1, 0.15) is 0 Å². The Balaban J connectivity index is 0.00000147. The van der Waals surface area contributed by atoms with Crippen LogP contribution in [0.1, 0.15) is 40.2 Å². The fourth-order valence-corrected chi connectivity index (χ4v) is 3.47. The molecule has 0 unspecified atom stereocenters. The molecule has 0 nitrogen and oxygen atoms in total. The van der Waals surface area contributed by atoms with Gasteiger partial charge in [-0.1, -0.05) is 54.3 Å². The first-order valence-electron chi connectivity index (χ1n) is 6.98. The summed E-state index contributed by atoms with van der Waals surface area (Å²) in [5, 5.41) is 2.69. The minimum Gasteiger partial charge on any atom is -1.00 e. The van der Waals surface area contributed by atoms with Gasteiger partial charge in [0.05, 0.1) is 0 Å². The van der Waals surface area contributed by atoms with Gasteiger partial charge in [0.25, 0.3) is 0 Å².